The molecule has 0 bridgehead atoms. The maximum atomic E-state index is 2.31. The van der Waals surface area contributed by atoms with Gasteiger partial charge in [-0.15, -0.1) is 0 Å². The van der Waals surface area contributed by atoms with Crippen LogP contribution in [-0.4, -0.2) is 13.1 Å². The molecule has 0 saturated heterocycles. The van der Waals surface area contributed by atoms with Gasteiger partial charge >= 0.3 is 0 Å². The van der Waals surface area contributed by atoms with Crippen molar-refractivity contribution in [1.29, 1.82) is 0 Å². The van der Waals surface area contributed by atoms with Crippen molar-refractivity contribution in [3.63, 3.8) is 0 Å². The lowest BCUT2D eigenvalue weighted by Gasteiger charge is -2.20. The van der Waals surface area contributed by atoms with Gasteiger partial charge in [-0.1, -0.05) is 0 Å². The van der Waals surface area contributed by atoms with E-state index in [0.717, 1.165) is 6.04 Å². The van der Waals surface area contributed by atoms with Gasteiger partial charge in [-0.3, -0.25) is 0 Å². The Morgan fingerprint density at radius 2 is 2.17 bits per heavy atom. The summed E-state index contributed by atoms with van der Waals surface area (Å²) in [5, 5.41) is 2.31. The quantitative estimate of drug-likeness (QED) is 0.452. The van der Waals surface area contributed by atoms with E-state index in [-0.39, 0.29) is 0 Å². The summed E-state index contributed by atoms with van der Waals surface area (Å²) in [5.41, 5.74) is 0. The molecule has 0 heterocycles. The van der Waals surface area contributed by atoms with Crippen molar-refractivity contribution < 1.29 is 5.32 Å². The minimum absolute atomic E-state index is 0.991. The topological polar surface area (TPSA) is 16.6 Å². The van der Waals surface area contributed by atoms with Crippen LogP contribution in [-0.2, 0) is 0 Å². The molecule has 0 spiro atoms. The summed E-state index contributed by atoms with van der Waals surface area (Å²) in [7, 11) is 2.16. The van der Waals surface area contributed by atoms with Crippen molar-refractivity contribution in [3.05, 3.63) is 0 Å². The van der Waals surface area contributed by atoms with Gasteiger partial charge in [0.1, 0.15) is 0 Å². The normalized spacial score (nSPS) is 23.5. The van der Waals surface area contributed by atoms with Crippen molar-refractivity contribution in [1.82, 2.24) is 0 Å². The second-order valence-electron chi connectivity index (χ2n) is 2.02. The van der Waals surface area contributed by atoms with Crippen molar-refractivity contribution in [2.75, 3.05) is 7.05 Å². The first-order valence-electron chi connectivity index (χ1n) is 2.73. The van der Waals surface area contributed by atoms with E-state index in [2.05, 4.69) is 12.4 Å². The molecule has 0 aromatic carbocycles. The molecule has 0 amide bonds. The molecule has 6 heavy (non-hydrogen) atoms. The maximum Gasteiger partial charge on any atom is 0.0857 e. The highest BCUT2D eigenvalue weighted by atomic mass is 14.9. The predicted molar refractivity (Wildman–Crippen MR) is 25.5 cm³/mol. The Kier molecular flexibility index (Phi) is 1.10. The average Bonchev–Trinajstić information content (AvgIpc) is 1.31. The van der Waals surface area contributed by atoms with E-state index in [1.807, 2.05) is 0 Å². The molecule has 0 atom stereocenters. The fourth-order valence-electron chi connectivity index (χ4n) is 0.773. The van der Waals surface area contributed by atoms with Gasteiger partial charge < -0.3 is 5.32 Å². The van der Waals surface area contributed by atoms with E-state index in [1.165, 1.54) is 19.3 Å². The van der Waals surface area contributed by atoms with E-state index in [0.29, 0.717) is 0 Å². The zero-order chi connectivity index (χ0) is 4.41. The maximum absolute atomic E-state index is 2.31. The summed E-state index contributed by atoms with van der Waals surface area (Å²) in [5.74, 6) is 0. The van der Waals surface area contributed by atoms with Crippen LogP contribution in [0.2, 0.25) is 0 Å². The van der Waals surface area contributed by atoms with E-state index in [1.54, 1.807) is 0 Å². The summed E-state index contributed by atoms with van der Waals surface area (Å²) >= 11 is 0. The number of nitrogens with two attached hydrogens (primary N) is 1. The van der Waals surface area contributed by atoms with Crippen LogP contribution in [0.4, 0.5) is 0 Å². The lowest BCUT2D eigenvalue weighted by atomic mass is 9.94. The van der Waals surface area contributed by atoms with Gasteiger partial charge in [0.2, 0.25) is 0 Å². The van der Waals surface area contributed by atoms with Gasteiger partial charge in [0, 0.05) is 0 Å². The molecular weight excluding hydrogens is 74.1 g/mol. The third-order valence-corrected chi connectivity index (χ3v) is 1.62. The Balaban J connectivity index is 2.01. The highest BCUT2D eigenvalue weighted by Crippen LogP contribution is 2.13. The fraction of sp³-hybridized carbons (Fsp3) is 1.00. The molecule has 1 aliphatic carbocycles. The van der Waals surface area contributed by atoms with Gasteiger partial charge in [0.25, 0.3) is 0 Å². The molecular formula is C5H12N+. The fourth-order valence-corrected chi connectivity index (χ4v) is 0.773. The van der Waals surface area contributed by atoms with E-state index < -0.39 is 0 Å². The first kappa shape index (κ1) is 4.13. The molecule has 1 heteroatoms. The van der Waals surface area contributed by atoms with Crippen molar-refractivity contribution in [2.45, 2.75) is 25.3 Å². The van der Waals surface area contributed by atoms with Gasteiger partial charge in [0.05, 0.1) is 13.1 Å². The van der Waals surface area contributed by atoms with Crippen LogP contribution in [0.5, 0.6) is 0 Å². The van der Waals surface area contributed by atoms with Crippen LogP contribution in [0.25, 0.3) is 0 Å². The highest BCUT2D eigenvalue weighted by Gasteiger charge is 2.17. The molecule has 1 fully saturated rings. The van der Waals surface area contributed by atoms with Crippen LogP contribution in [0.15, 0.2) is 0 Å². The van der Waals surface area contributed by atoms with Crippen LogP contribution < -0.4 is 5.32 Å². The Labute approximate surface area is 38.7 Å². The molecule has 0 aromatic rings. The monoisotopic (exact) mass is 86.1 g/mol. The number of hydrogen-bond donors (Lipinski definition) is 1. The van der Waals surface area contributed by atoms with E-state index in [4.69, 9.17) is 0 Å². The number of hydrogen-bond acceptors (Lipinski definition) is 0. The second kappa shape index (κ2) is 1.61. The lowest BCUT2D eigenvalue weighted by molar-refractivity contribution is -0.673. The summed E-state index contributed by atoms with van der Waals surface area (Å²) in [6.07, 6.45) is 4.38. The average molecular weight is 86.2 g/mol. The number of quaternary nitrogens is 1. The molecule has 0 aliphatic heterocycles. The van der Waals surface area contributed by atoms with E-state index in [9.17, 15) is 0 Å². The smallest absolute Gasteiger partial charge is 0.0857 e. The van der Waals surface area contributed by atoms with Crippen LogP contribution in [0, 0.1) is 0 Å². The Morgan fingerprint density at radius 3 is 2.17 bits per heavy atom. The van der Waals surface area contributed by atoms with Gasteiger partial charge in [-0.25, -0.2) is 0 Å². The van der Waals surface area contributed by atoms with Crippen molar-refractivity contribution in [3.8, 4) is 0 Å². The predicted octanol–water partition coefficient (Wildman–Crippen LogP) is -0.268. The molecule has 0 aromatic heterocycles. The summed E-state index contributed by atoms with van der Waals surface area (Å²) in [4.78, 5) is 0. The van der Waals surface area contributed by atoms with Crippen LogP contribution in [0.1, 0.15) is 19.3 Å². The Hall–Kier alpha value is -0.0400. The highest BCUT2D eigenvalue weighted by molar-refractivity contribution is 4.64. The molecule has 0 unspecified atom stereocenters. The van der Waals surface area contributed by atoms with Crippen LogP contribution in [0.3, 0.4) is 0 Å². The van der Waals surface area contributed by atoms with Crippen molar-refractivity contribution >= 4 is 0 Å². The first-order chi connectivity index (χ1) is 2.93. The number of rotatable bonds is 1. The summed E-state index contributed by atoms with van der Waals surface area (Å²) < 4.78 is 0. The first-order valence-corrected chi connectivity index (χ1v) is 2.73. The molecule has 1 aliphatic rings. The zero-order valence-electron chi connectivity index (χ0n) is 4.28. The largest absolute Gasteiger partial charge is 0.346 e. The van der Waals surface area contributed by atoms with Gasteiger partial charge in [-0.05, 0) is 19.3 Å². The molecule has 1 rings (SSSR count). The lowest BCUT2D eigenvalue weighted by Crippen LogP contribution is -2.87. The standard InChI is InChI=1S/C5H11N/c1-6-5-3-2-4-5/h5-6H,2-4H2,1H3/p+1. The minimum Gasteiger partial charge on any atom is -0.346 e. The molecule has 1 nitrogen and oxygen atoms in total. The third kappa shape index (κ3) is 0.548. The second-order valence-corrected chi connectivity index (χ2v) is 2.02. The molecule has 2 N–H and O–H groups in total. The van der Waals surface area contributed by atoms with Gasteiger partial charge in [0.15, 0.2) is 0 Å². The van der Waals surface area contributed by atoms with Crippen LogP contribution >= 0.6 is 0 Å². The Bertz CT molecular complexity index is 36.4. The van der Waals surface area contributed by atoms with Gasteiger partial charge in [-0.2, -0.15) is 0 Å². The molecule has 36 valence electrons. The molecule has 1 saturated carbocycles. The minimum atomic E-state index is 0.991. The molecule has 0 radical (unpaired) electrons. The third-order valence-electron chi connectivity index (χ3n) is 1.62. The van der Waals surface area contributed by atoms with E-state index >= 15 is 0 Å². The Morgan fingerprint density at radius 1 is 1.50 bits per heavy atom. The summed E-state index contributed by atoms with van der Waals surface area (Å²) in [6.45, 7) is 0. The SMILES string of the molecule is C[NH2+]C1CCC1. The van der Waals surface area contributed by atoms with Crippen molar-refractivity contribution in [2.24, 2.45) is 0 Å². The summed E-state index contributed by atoms with van der Waals surface area (Å²) in [6, 6.07) is 0.991. The zero-order valence-corrected chi connectivity index (χ0v) is 4.28.